The third-order valence-corrected chi connectivity index (χ3v) is 3.70. The first kappa shape index (κ1) is 18.9. The van der Waals surface area contributed by atoms with E-state index in [9.17, 15) is 9.90 Å². The molecule has 0 aliphatic heterocycles. The average molecular weight is 346 g/mol. The van der Waals surface area contributed by atoms with Crippen LogP contribution in [0.3, 0.4) is 0 Å². The van der Waals surface area contributed by atoms with Crippen LogP contribution in [0.5, 0.6) is 0 Å². The maximum atomic E-state index is 12.5. The minimum Gasteiger partial charge on any atom is -0.395 e. The predicted octanol–water partition coefficient (Wildman–Crippen LogP) is 2.63. The molecule has 1 aromatic heterocycles. The lowest BCUT2D eigenvalue weighted by molar-refractivity contribution is 0.169. The molecule has 7 nitrogen and oxygen atoms in total. The van der Waals surface area contributed by atoms with Crippen molar-refractivity contribution in [1.29, 1.82) is 0 Å². The number of aliphatic hydroxyl groups excluding tert-OH is 1. The summed E-state index contributed by atoms with van der Waals surface area (Å²) in [5.74, 6) is 0.960. The van der Waals surface area contributed by atoms with Crippen molar-refractivity contribution >= 4 is 6.03 Å². The first-order chi connectivity index (χ1) is 11.8. The molecule has 136 valence electrons. The van der Waals surface area contributed by atoms with Gasteiger partial charge in [0.2, 0.25) is 5.89 Å². The molecule has 1 heterocycles. The van der Waals surface area contributed by atoms with E-state index in [0.717, 1.165) is 5.56 Å². The number of hydrogen-bond acceptors (Lipinski definition) is 5. The van der Waals surface area contributed by atoms with E-state index in [-0.39, 0.29) is 24.6 Å². The zero-order valence-corrected chi connectivity index (χ0v) is 15.2. The number of aliphatic hydroxyl groups is 1. The molecule has 25 heavy (non-hydrogen) atoms. The van der Waals surface area contributed by atoms with Gasteiger partial charge in [0.1, 0.15) is 6.04 Å². The van der Waals surface area contributed by atoms with Crippen LogP contribution < -0.4 is 5.32 Å². The molecule has 7 heteroatoms. The number of urea groups is 1. The second-order valence-corrected chi connectivity index (χ2v) is 7.01. The Morgan fingerprint density at radius 1 is 1.32 bits per heavy atom. The first-order valence-corrected chi connectivity index (χ1v) is 8.35. The van der Waals surface area contributed by atoms with Gasteiger partial charge < -0.3 is 19.8 Å². The van der Waals surface area contributed by atoms with Gasteiger partial charge in [0.25, 0.3) is 0 Å². The van der Waals surface area contributed by atoms with Crippen LogP contribution in [0.25, 0.3) is 0 Å². The third kappa shape index (κ3) is 5.29. The lowest BCUT2D eigenvalue weighted by atomic mass is 9.96. The summed E-state index contributed by atoms with van der Waals surface area (Å²) in [6.45, 7) is 8.32. The smallest absolute Gasteiger partial charge is 0.318 e. The van der Waals surface area contributed by atoms with Crippen LogP contribution in [0.2, 0.25) is 0 Å². The van der Waals surface area contributed by atoms with Crippen molar-refractivity contribution < 1.29 is 14.4 Å². The molecule has 2 rings (SSSR count). The molecule has 0 saturated carbocycles. The highest BCUT2D eigenvalue weighted by atomic mass is 16.5. The van der Waals surface area contributed by atoms with Gasteiger partial charge in [-0.15, -0.1) is 0 Å². The SMILES string of the molecule is CC(NC(=O)N(CCO)Cc1ccccc1)c1nc(C(C)(C)C)no1. The molecule has 0 bridgehead atoms. The predicted molar refractivity (Wildman–Crippen MR) is 93.9 cm³/mol. The van der Waals surface area contributed by atoms with Gasteiger partial charge >= 0.3 is 6.03 Å². The van der Waals surface area contributed by atoms with Gasteiger partial charge in [-0.25, -0.2) is 4.79 Å². The van der Waals surface area contributed by atoms with Crippen molar-refractivity contribution in [3.8, 4) is 0 Å². The Bertz CT molecular complexity index is 679. The number of benzene rings is 1. The monoisotopic (exact) mass is 346 g/mol. The zero-order valence-electron chi connectivity index (χ0n) is 15.2. The molecule has 2 aromatic rings. The lowest BCUT2D eigenvalue weighted by Gasteiger charge is -2.23. The summed E-state index contributed by atoms with van der Waals surface area (Å²) in [7, 11) is 0. The van der Waals surface area contributed by atoms with Gasteiger partial charge in [-0.2, -0.15) is 4.98 Å². The Labute approximate surface area is 148 Å². The van der Waals surface area contributed by atoms with Gasteiger partial charge in [0.15, 0.2) is 5.82 Å². The topological polar surface area (TPSA) is 91.5 Å². The Balaban J connectivity index is 2.03. The molecule has 0 fully saturated rings. The Morgan fingerprint density at radius 3 is 2.56 bits per heavy atom. The number of nitrogens with zero attached hydrogens (tertiary/aromatic N) is 3. The molecule has 0 spiro atoms. The van der Waals surface area contributed by atoms with E-state index >= 15 is 0 Å². The fraction of sp³-hybridized carbons (Fsp3) is 0.500. The quantitative estimate of drug-likeness (QED) is 0.839. The number of carbonyl (C=O) groups is 1. The number of carbonyl (C=O) groups excluding carboxylic acids is 1. The van der Waals surface area contributed by atoms with Crippen LogP contribution >= 0.6 is 0 Å². The molecule has 1 atom stereocenters. The summed E-state index contributed by atoms with van der Waals surface area (Å²) in [5, 5.41) is 16.1. The van der Waals surface area contributed by atoms with E-state index in [2.05, 4.69) is 15.5 Å². The van der Waals surface area contributed by atoms with Crippen molar-refractivity contribution in [2.24, 2.45) is 0 Å². The number of amides is 2. The maximum Gasteiger partial charge on any atom is 0.318 e. The van der Waals surface area contributed by atoms with E-state index in [1.165, 1.54) is 0 Å². The normalized spacial score (nSPS) is 12.7. The summed E-state index contributed by atoms with van der Waals surface area (Å²) in [6.07, 6.45) is 0. The molecule has 0 radical (unpaired) electrons. The van der Waals surface area contributed by atoms with Crippen LogP contribution in [0.4, 0.5) is 4.79 Å². The summed E-state index contributed by atoms with van der Waals surface area (Å²) < 4.78 is 5.27. The second-order valence-electron chi connectivity index (χ2n) is 7.01. The van der Waals surface area contributed by atoms with E-state index < -0.39 is 6.04 Å². The van der Waals surface area contributed by atoms with Crippen molar-refractivity contribution in [3.63, 3.8) is 0 Å². The van der Waals surface area contributed by atoms with E-state index in [0.29, 0.717) is 18.3 Å². The number of hydrogen-bond donors (Lipinski definition) is 2. The standard InChI is InChI=1S/C18H26N4O3/c1-13(15-20-16(21-25-15)18(2,3)4)19-17(24)22(10-11-23)12-14-8-6-5-7-9-14/h5-9,13,23H,10-12H2,1-4H3,(H,19,24). The average Bonchev–Trinajstić information content (AvgIpc) is 3.06. The molecular formula is C18H26N4O3. The minimum atomic E-state index is -0.423. The van der Waals surface area contributed by atoms with Crippen LogP contribution in [0.15, 0.2) is 34.9 Å². The zero-order chi connectivity index (χ0) is 18.4. The molecule has 0 saturated heterocycles. The Morgan fingerprint density at radius 2 is 2.00 bits per heavy atom. The maximum absolute atomic E-state index is 12.5. The van der Waals surface area contributed by atoms with Crippen LogP contribution in [-0.4, -0.2) is 39.3 Å². The molecule has 0 aliphatic carbocycles. The van der Waals surface area contributed by atoms with Crippen molar-refractivity contribution in [2.75, 3.05) is 13.2 Å². The number of aromatic nitrogens is 2. The van der Waals surface area contributed by atoms with Gasteiger partial charge in [0.05, 0.1) is 6.61 Å². The van der Waals surface area contributed by atoms with Gasteiger partial charge in [-0.3, -0.25) is 0 Å². The Hall–Kier alpha value is -2.41. The van der Waals surface area contributed by atoms with Gasteiger partial charge in [0, 0.05) is 18.5 Å². The van der Waals surface area contributed by atoms with E-state index in [1.54, 1.807) is 11.8 Å². The minimum absolute atomic E-state index is 0.108. The second kappa shape index (κ2) is 8.11. The van der Waals surface area contributed by atoms with Crippen LogP contribution in [-0.2, 0) is 12.0 Å². The fourth-order valence-corrected chi connectivity index (χ4v) is 2.23. The lowest BCUT2D eigenvalue weighted by Crippen LogP contribution is -2.42. The summed E-state index contributed by atoms with van der Waals surface area (Å²) in [6, 6.07) is 8.92. The van der Waals surface area contributed by atoms with Gasteiger partial charge in [-0.05, 0) is 12.5 Å². The highest BCUT2D eigenvalue weighted by molar-refractivity contribution is 5.74. The van der Waals surface area contributed by atoms with Crippen LogP contribution in [0, 0.1) is 0 Å². The number of rotatable bonds is 6. The highest BCUT2D eigenvalue weighted by Gasteiger charge is 2.25. The van der Waals surface area contributed by atoms with Gasteiger partial charge in [-0.1, -0.05) is 56.3 Å². The largest absolute Gasteiger partial charge is 0.395 e. The van der Waals surface area contributed by atoms with Crippen molar-refractivity contribution in [1.82, 2.24) is 20.4 Å². The summed E-state index contributed by atoms with van der Waals surface area (Å²) in [4.78, 5) is 18.5. The van der Waals surface area contributed by atoms with E-state index in [1.807, 2.05) is 51.1 Å². The Kier molecular flexibility index (Phi) is 6.14. The molecular weight excluding hydrogens is 320 g/mol. The summed E-state index contributed by atoms with van der Waals surface area (Å²) >= 11 is 0. The number of nitrogens with one attached hydrogen (secondary N) is 1. The van der Waals surface area contributed by atoms with Crippen molar-refractivity contribution in [3.05, 3.63) is 47.6 Å². The van der Waals surface area contributed by atoms with Crippen molar-refractivity contribution in [2.45, 2.75) is 45.7 Å². The highest BCUT2D eigenvalue weighted by Crippen LogP contribution is 2.20. The summed E-state index contributed by atoms with van der Waals surface area (Å²) in [5.41, 5.74) is 0.772. The van der Waals surface area contributed by atoms with E-state index in [4.69, 9.17) is 4.52 Å². The molecule has 2 amide bonds. The molecule has 2 N–H and O–H groups in total. The third-order valence-electron chi connectivity index (χ3n) is 3.70. The fourth-order valence-electron chi connectivity index (χ4n) is 2.23. The van der Waals surface area contributed by atoms with Crippen LogP contribution in [0.1, 0.15) is 51.0 Å². The molecule has 0 aliphatic rings. The molecule has 1 unspecified atom stereocenters. The molecule has 1 aromatic carbocycles. The first-order valence-electron chi connectivity index (χ1n) is 8.35.